The molecule has 8 heteroatoms. The highest BCUT2D eigenvalue weighted by atomic mass is 19.1. The molecule has 1 amide bonds. The minimum atomic E-state index is -0.884. The Morgan fingerprint density at radius 1 is 1.24 bits per heavy atom. The molecule has 0 atom stereocenters. The number of nitrogens with one attached hydrogen (secondary N) is 1. The zero-order valence-corrected chi connectivity index (χ0v) is 16.5. The first-order chi connectivity index (χ1) is 13.7. The Balaban J connectivity index is 1.83. The number of rotatable bonds is 7. The predicted molar refractivity (Wildman–Crippen MR) is 104 cm³/mol. The van der Waals surface area contributed by atoms with Crippen LogP contribution in [0.4, 0.5) is 8.78 Å². The number of carbonyl (C=O) groups excluding carboxylic acids is 1. The maximum Gasteiger partial charge on any atom is 0.270 e. The second-order valence-corrected chi connectivity index (χ2v) is 7.42. The average Bonchev–Trinajstić information content (AvgIpc) is 2.96. The maximum atomic E-state index is 13.8. The Labute approximate surface area is 167 Å². The predicted octanol–water partition coefficient (Wildman–Crippen LogP) is 3.39. The van der Waals surface area contributed by atoms with Crippen molar-refractivity contribution in [2.24, 2.45) is 0 Å². The van der Waals surface area contributed by atoms with E-state index in [0.717, 1.165) is 12.1 Å². The van der Waals surface area contributed by atoms with Gasteiger partial charge in [-0.1, -0.05) is 6.07 Å². The number of halogens is 2. The van der Waals surface area contributed by atoms with E-state index in [1.165, 1.54) is 6.07 Å². The molecule has 2 aromatic heterocycles. The van der Waals surface area contributed by atoms with Crippen LogP contribution < -0.4 is 10.1 Å². The van der Waals surface area contributed by atoms with E-state index < -0.39 is 17.2 Å². The molecule has 0 aliphatic carbocycles. The molecule has 3 rings (SSSR count). The number of hydrogen-bond donors (Lipinski definition) is 2. The highest BCUT2D eigenvalue weighted by Gasteiger charge is 2.20. The first kappa shape index (κ1) is 20.7. The van der Waals surface area contributed by atoms with E-state index in [0.29, 0.717) is 35.8 Å². The van der Waals surface area contributed by atoms with E-state index in [-0.39, 0.29) is 18.1 Å². The van der Waals surface area contributed by atoms with Crippen LogP contribution in [0.2, 0.25) is 0 Å². The minimum Gasteiger partial charge on any atom is -0.485 e. The molecule has 0 aliphatic rings. The van der Waals surface area contributed by atoms with Gasteiger partial charge in [0.05, 0.1) is 16.9 Å². The topological polar surface area (TPSA) is 75.9 Å². The minimum absolute atomic E-state index is 0.178. The fourth-order valence-electron chi connectivity index (χ4n) is 2.93. The molecule has 0 aliphatic heterocycles. The number of nitrogens with zero attached hydrogens (tertiary/aromatic N) is 2. The zero-order valence-electron chi connectivity index (χ0n) is 16.5. The monoisotopic (exact) mass is 403 g/mol. The summed E-state index contributed by atoms with van der Waals surface area (Å²) in [7, 11) is 0. The molecule has 2 N–H and O–H groups in total. The first-order valence-electron chi connectivity index (χ1n) is 9.21. The van der Waals surface area contributed by atoms with Gasteiger partial charge in [-0.25, -0.2) is 13.8 Å². The summed E-state index contributed by atoms with van der Waals surface area (Å²) in [5.74, 6) is -1.42. The molecule has 0 bridgehead atoms. The fraction of sp³-hybridized carbons (Fsp3) is 0.333. The lowest BCUT2D eigenvalue weighted by Gasteiger charge is -2.17. The van der Waals surface area contributed by atoms with Gasteiger partial charge in [0.2, 0.25) is 0 Å². The van der Waals surface area contributed by atoms with E-state index in [9.17, 15) is 18.7 Å². The molecule has 0 fully saturated rings. The molecule has 0 unspecified atom stereocenters. The van der Waals surface area contributed by atoms with Gasteiger partial charge in [0.25, 0.3) is 5.91 Å². The van der Waals surface area contributed by atoms with Crippen LogP contribution in [-0.2, 0) is 6.61 Å². The van der Waals surface area contributed by atoms with Crippen molar-refractivity contribution in [2.45, 2.75) is 39.4 Å². The van der Waals surface area contributed by atoms with Crippen LogP contribution in [0, 0.1) is 18.6 Å². The molecule has 0 saturated carbocycles. The number of ether oxygens (including phenoxy) is 1. The van der Waals surface area contributed by atoms with E-state index in [1.54, 1.807) is 43.5 Å². The lowest BCUT2D eigenvalue weighted by molar-refractivity contribution is 0.0692. The summed E-state index contributed by atoms with van der Waals surface area (Å²) < 4.78 is 34.8. The molecule has 6 nitrogen and oxygen atoms in total. The van der Waals surface area contributed by atoms with Crippen LogP contribution >= 0.6 is 0 Å². The van der Waals surface area contributed by atoms with E-state index in [4.69, 9.17) is 4.74 Å². The van der Waals surface area contributed by atoms with Crippen molar-refractivity contribution in [3.05, 3.63) is 65.1 Å². The quantitative estimate of drug-likeness (QED) is 0.634. The van der Waals surface area contributed by atoms with E-state index in [1.807, 2.05) is 0 Å². The molecule has 29 heavy (non-hydrogen) atoms. The first-order valence-corrected chi connectivity index (χ1v) is 9.21. The molecule has 0 spiro atoms. The number of aryl methyl sites for hydroxylation is 1. The highest BCUT2D eigenvalue weighted by molar-refractivity contribution is 5.94. The standard InChI is InChI=1S/C21H23F2N3O3/c1-13-18(20(27)24-10-9-21(2,3)28)26-11-5-8-17(19(26)25-13)29-12-14-15(22)6-4-7-16(14)23/h4-8,11,28H,9-10,12H2,1-3H3,(H,24,27). The molecule has 3 aromatic rings. The van der Waals surface area contributed by atoms with Crippen molar-refractivity contribution in [2.75, 3.05) is 6.54 Å². The number of fused-ring (bicyclic) bond motifs is 1. The zero-order chi connectivity index (χ0) is 21.2. The molecule has 0 saturated heterocycles. The van der Waals surface area contributed by atoms with Gasteiger partial charge in [0.15, 0.2) is 11.4 Å². The Morgan fingerprint density at radius 3 is 2.59 bits per heavy atom. The number of aromatic nitrogens is 2. The van der Waals surface area contributed by atoms with Gasteiger partial charge in [-0.2, -0.15) is 0 Å². The fourth-order valence-corrected chi connectivity index (χ4v) is 2.93. The van der Waals surface area contributed by atoms with Crippen molar-refractivity contribution in [3.63, 3.8) is 0 Å². The summed E-state index contributed by atoms with van der Waals surface area (Å²) in [6, 6.07) is 6.90. The van der Waals surface area contributed by atoms with Gasteiger partial charge < -0.3 is 15.2 Å². The second kappa shape index (κ2) is 8.16. The Bertz CT molecular complexity index is 1020. The Hall–Kier alpha value is -3.00. The summed E-state index contributed by atoms with van der Waals surface area (Å²) in [5.41, 5.74) is 0.124. The van der Waals surface area contributed by atoms with Crippen molar-refractivity contribution in [1.29, 1.82) is 0 Å². The molecular formula is C21H23F2N3O3. The summed E-state index contributed by atoms with van der Waals surface area (Å²) >= 11 is 0. The Morgan fingerprint density at radius 2 is 1.93 bits per heavy atom. The van der Waals surface area contributed by atoms with Crippen molar-refractivity contribution in [1.82, 2.24) is 14.7 Å². The number of benzene rings is 1. The smallest absolute Gasteiger partial charge is 0.270 e. The summed E-state index contributed by atoms with van der Waals surface area (Å²) in [5, 5.41) is 12.5. The van der Waals surface area contributed by atoms with Crippen LogP contribution in [-0.4, -0.2) is 32.5 Å². The van der Waals surface area contributed by atoms with Crippen LogP contribution in [0.25, 0.3) is 5.65 Å². The third-order valence-electron chi connectivity index (χ3n) is 4.46. The molecule has 154 valence electrons. The number of hydrogen-bond acceptors (Lipinski definition) is 4. The van der Waals surface area contributed by atoms with Gasteiger partial charge in [-0.15, -0.1) is 0 Å². The third kappa shape index (κ3) is 4.71. The maximum absolute atomic E-state index is 13.8. The van der Waals surface area contributed by atoms with Crippen LogP contribution in [0.3, 0.4) is 0 Å². The average molecular weight is 403 g/mol. The largest absolute Gasteiger partial charge is 0.485 e. The number of amides is 1. The van der Waals surface area contributed by atoms with Crippen molar-refractivity contribution in [3.8, 4) is 5.75 Å². The molecule has 2 heterocycles. The van der Waals surface area contributed by atoms with Crippen molar-refractivity contribution >= 4 is 11.6 Å². The number of imidazole rings is 1. The third-order valence-corrected chi connectivity index (χ3v) is 4.46. The van der Waals surface area contributed by atoms with Gasteiger partial charge in [0, 0.05) is 12.7 Å². The summed E-state index contributed by atoms with van der Waals surface area (Å²) in [6.07, 6.45) is 2.06. The SMILES string of the molecule is Cc1nc2c(OCc3c(F)cccc3F)cccn2c1C(=O)NCCC(C)(C)O. The van der Waals surface area contributed by atoms with Gasteiger partial charge in [-0.05, 0) is 51.5 Å². The summed E-state index contributed by atoms with van der Waals surface area (Å²) in [4.78, 5) is 17.0. The van der Waals surface area contributed by atoms with Crippen molar-refractivity contribution < 1.29 is 23.4 Å². The number of carbonyl (C=O) groups is 1. The van der Waals surface area contributed by atoms with Gasteiger partial charge >= 0.3 is 0 Å². The van der Waals surface area contributed by atoms with Crippen LogP contribution in [0.1, 0.15) is 42.0 Å². The normalized spacial score (nSPS) is 11.7. The molecule has 1 aromatic carbocycles. The molecule has 0 radical (unpaired) electrons. The van der Waals surface area contributed by atoms with Gasteiger partial charge in [-0.3, -0.25) is 9.20 Å². The van der Waals surface area contributed by atoms with Crippen LogP contribution in [0.5, 0.6) is 5.75 Å². The lowest BCUT2D eigenvalue weighted by Crippen LogP contribution is -2.31. The lowest BCUT2D eigenvalue weighted by atomic mass is 10.1. The van der Waals surface area contributed by atoms with Gasteiger partial charge in [0.1, 0.15) is 23.9 Å². The van der Waals surface area contributed by atoms with E-state index in [2.05, 4.69) is 10.3 Å². The van der Waals surface area contributed by atoms with E-state index >= 15 is 0 Å². The number of pyridine rings is 1. The van der Waals surface area contributed by atoms with Crippen LogP contribution in [0.15, 0.2) is 36.5 Å². The molecular weight excluding hydrogens is 380 g/mol. The Kier molecular flexibility index (Phi) is 5.83. The number of aliphatic hydroxyl groups is 1. The second-order valence-electron chi connectivity index (χ2n) is 7.42. The summed E-state index contributed by atoms with van der Waals surface area (Å²) in [6.45, 7) is 5.02. The highest BCUT2D eigenvalue weighted by Crippen LogP contribution is 2.24.